The summed E-state index contributed by atoms with van der Waals surface area (Å²) >= 11 is 12.1. The number of rotatable bonds is 9. The molecule has 2 amide bonds. The maximum atomic E-state index is 14.4. The highest BCUT2D eigenvalue weighted by atomic mass is 35.5. The maximum absolute atomic E-state index is 14.4. The number of hydrogen-bond donors (Lipinski definition) is 1. The number of benzene rings is 2. The van der Waals surface area contributed by atoms with Crippen LogP contribution in [0.15, 0.2) is 42.5 Å². The smallest absolute Gasteiger partial charge is 0.244 e. The molecule has 1 aliphatic rings. The Morgan fingerprint density at radius 2 is 1.71 bits per heavy atom. The van der Waals surface area contributed by atoms with Crippen molar-refractivity contribution < 1.29 is 22.4 Å². The van der Waals surface area contributed by atoms with Gasteiger partial charge in [-0.15, -0.1) is 0 Å². The van der Waals surface area contributed by atoms with E-state index in [1.54, 1.807) is 13.0 Å². The molecule has 0 aliphatic heterocycles. The Labute approximate surface area is 215 Å². The molecule has 3 rings (SSSR count). The minimum absolute atomic E-state index is 0.0245. The first-order valence-corrected chi connectivity index (χ1v) is 13.8. The molecule has 2 aromatic rings. The first kappa shape index (κ1) is 27.2. The van der Waals surface area contributed by atoms with E-state index in [-0.39, 0.29) is 39.8 Å². The van der Waals surface area contributed by atoms with Crippen LogP contribution < -0.4 is 9.62 Å². The fourth-order valence-corrected chi connectivity index (χ4v) is 5.43. The van der Waals surface area contributed by atoms with Crippen molar-refractivity contribution in [1.82, 2.24) is 10.2 Å². The van der Waals surface area contributed by atoms with Gasteiger partial charge in [-0.05, 0) is 44.0 Å². The minimum atomic E-state index is -3.93. The van der Waals surface area contributed by atoms with Gasteiger partial charge in [-0.1, -0.05) is 54.2 Å². The Kier molecular flexibility index (Phi) is 9.01. The second-order valence-electron chi connectivity index (χ2n) is 8.68. The van der Waals surface area contributed by atoms with E-state index in [2.05, 4.69) is 5.32 Å². The average Bonchev–Trinajstić information content (AvgIpc) is 3.27. The number of nitrogens with one attached hydrogen (secondary N) is 1. The van der Waals surface area contributed by atoms with E-state index in [4.69, 9.17) is 23.2 Å². The molecule has 0 saturated heterocycles. The van der Waals surface area contributed by atoms with Crippen LogP contribution in [0, 0.1) is 5.82 Å². The number of hydrogen-bond acceptors (Lipinski definition) is 4. The zero-order chi connectivity index (χ0) is 25.8. The zero-order valence-corrected chi connectivity index (χ0v) is 21.8. The first-order valence-electron chi connectivity index (χ1n) is 11.2. The van der Waals surface area contributed by atoms with Gasteiger partial charge >= 0.3 is 0 Å². The molecule has 1 fully saturated rings. The monoisotopic (exact) mass is 543 g/mol. The number of sulfonamides is 1. The van der Waals surface area contributed by atoms with Crippen molar-refractivity contribution >= 4 is 50.7 Å². The second kappa shape index (κ2) is 11.6. The number of carbonyl (C=O) groups excluding carboxylic acids is 2. The Morgan fingerprint density at radius 3 is 2.29 bits per heavy atom. The van der Waals surface area contributed by atoms with Crippen LogP contribution >= 0.6 is 23.2 Å². The van der Waals surface area contributed by atoms with Crippen molar-refractivity contribution in [1.29, 1.82) is 0 Å². The van der Waals surface area contributed by atoms with E-state index in [9.17, 15) is 22.4 Å². The van der Waals surface area contributed by atoms with Gasteiger partial charge in [-0.3, -0.25) is 13.9 Å². The van der Waals surface area contributed by atoms with Crippen molar-refractivity contribution in [2.75, 3.05) is 17.1 Å². The molecule has 1 saturated carbocycles. The lowest BCUT2D eigenvalue weighted by Crippen LogP contribution is -2.52. The summed E-state index contributed by atoms with van der Waals surface area (Å²) in [6.45, 7) is 0.716. The van der Waals surface area contributed by atoms with Crippen LogP contribution in [-0.4, -0.2) is 50.0 Å². The highest BCUT2D eigenvalue weighted by molar-refractivity contribution is 7.92. The van der Waals surface area contributed by atoms with Gasteiger partial charge in [0.1, 0.15) is 18.4 Å². The molecule has 1 N–H and O–H groups in total. The molecule has 0 spiro atoms. The predicted octanol–water partition coefficient (Wildman–Crippen LogP) is 4.37. The molecule has 0 bridgehead atoms. The number of anilines is 1. The third-order valence-electron chi connectivity index (χ3n) is 5.98. The average molecular weight is 544 g/mol. The van der Waals surface area contributed by atoms with E-state index in [1.165, 1.54) is 41.3 Å². The second-order valence-corrected chi connectivity index (χ2v) is 11.5. The van der Waals surface area contributed by atoms with Gasteiger partial charge in [-0.2, -0.15) is 0 Å². The molecule has 7 nitrogen and oxygen atoms in total. The summed E-state index contributed by atoms with van der Waals surface area (Å²) in [5.41, 5.74) is 0.310. The van der Waals surface area contributed by atoms with Crippen molar-refractivity contribution in [3.63, 3.8) is 0 Å². The Morgan fingerprint density at radius 1 is 1.11 bits per heavy atom. The lowest BCUT2D eigenvalue weighted by Gasteiger charge is -2.32. The summed E-state index contributed by atoms with van der Waals surface area (Å²) < 4.78 is 40.5. The van der Waals surface area contributed by atoms with Crippen LogP contribution in [0.1, 0.15) is 38.2 Å². The molecule has 0 aromatic heterocycles. The van der Waals surface area contributed by atoms with Crippen LogP contribution in [0.2, 0.25) is 10.0 Å². The molecular weight excluding hydrogens is 516 g/mol. The third-order valence-corrected chi connectivity index (χ3v) is 7.56. The van der Waals surface area contributed by atoms with Crippen molar-refractivity contribution in [2.24, 2.45) is 0 Å². The van der Waals surface area contributed by atoms with Gasteiger partial charge in [0.05, 0.1) is 11.9 Å². The van der Waals surface area contributed by atoms with E-state index in [0.29, 0.717) is 0 Å². The fraction of sp³-hybridized carbons (Fsp3) is 0.417. The van der Waals surface area contributed by atoms with Crippen LogP contribution in [0.3, 0.4) is 0 Å². The molecular formula is C24H28Cl2FN3O4S. The molecule has 35 heavy (non-hydrogen) atoms. The van der Waals surface area contributed by atoms with Crippen molar-refractivity contribution in [3.05, 3.63) is 63.9 Å². The summed E-state index contributed by atoms with van der Waals surface area (Å²) in [4.78, 5) is 27.7. The van der Waals surface area contributed by atoms with E-state index < -0.39 is 34.3 Å². The van der Waals surface area contributed by atoms with E-state index in [1.807, 2.05) is 0 Å². The van der Waals surface area contributed by atoms with Crippen LogP contribution in [0.5, 0.6) is 0 Å². The van der Waals surface area contributed by atoms with Gasteiger partial charge in [0.2, 0.25) is 21.8 Å². The minimum Gasteiger partial charge on any atom is -0.352 e. The Balaban J connectivity index is 1.91. The number of carbonyl (C=O) groups is 2. The molecule has 1 atom stereocenters. The SMILES string of the molecule is C[C@H](C(=O)NC1CCCC1)N(Cc1ccccc1F)C(=O)CN(c1cc(Cl)cc(Cl)c1)S(C)(=O)=O. The summed E-state index contributed by atoms with van der Waals surface area (Å²) in [5, 5.41) is 3.34. The normalized spacial score (nSPS) is 15.0. The molecule has 11 heteroatoms. The quantitative estimate of drug-likeness (QED) is 0.508. The number of halogens is 3. The standard InChI is InChI=1S/C24H28Cl2FN3O4S/c1-16(24(32)28-20-8-4-5-9-20)29(14-17-7-3-6-10-22(17)27)23(31)15-30(35(2,33)34)21-12-18(25)11-19(26)13-21/h3,6-7,10-13,16,20H,4-5,8-9,14-15H2,1-2H3,(H,28,32)/t16-/m1/s1. The summed E-state index contributed by atoms with van der Waals surface area (Å²) in [6, 6.07) is 9.17. The van der Waals surface area contributed by atoms with Crippen LogP contribution in [-0.2, 0) is 26.2 Å². The Hall–Kier alpha value is -2.36. The van der Waals surface area contributed by atoms with E-state index in [0.717, 1.165) is 36.2 Å². The topological polar surface area (TPSA) is 86.8 Å². The van der Waals surface area contributed by atoms with Crippen molar-refractivity contribution in [3.8, 4) is 0 Å². The third kappa shape index (κ3) is 7.32. The molecule has 0 unspecified atom stereocenters. The highest BCUT2D eigenvalue weighted by Crippen LogP contribution is 2.27. The van der Waals surface area contributed by atoms with Crippen LogP contribution in [0.25, 0.3) is 0 Å². The zero-order valence-electron chi connectivity index (χ0n) is 19.5. The van der Waals surface area contributed by atoms with E-state index >= 15 is 0 Å². The lowest BCUT2D eigenvalue weighted by molar-refractivity contribution is -0.139. The highest BCUT2D eigenvalue weighted by Gasteiger charge is 2.32. The van der Waals surface area contributed by atoms with Crippen molar-refractivity contribution in [2.45, 2.75) is 51.2 Å². The first-order chi connectivity index (χ1) is 16.5. The lowest BCUT2D eigenvalue weighted by atomic mass is 10.1. The largest absolute Gasteiger partial charge is 0.352 e. The Bertz CT molecular complexity index is 1170. The number of nitrogens with zero attached hydrogens (tertiary/aromatic N) is 2. The van der Waals surface area contributed by atoms with Gasteiger partial charge < -0.3 is 10.2 Å². The molecule has 0 radical (unpaired) electrons. The van der Waals surface area contributed by atoms with Gasteiger partial charge in [-0.25, -0.2) is 12.8 Å². The summed E-state index contributed by atoms with van der Waals surface area (Å²) in [7, 11) is -3.93. The summed E-state index contributed by atoms with van der Waals surface area (Å²) in [5.74, 6) is -1.59. The molecule has 190 valence electrons. The van der Waals surface area contributed by atoms with Crippen LogP contribution in [0.4, 0.5) is 10.1 Å². The molecule has 1 aliphatic carbocycles. The number of amides is 2. The van der Waals surface area contributed by atoms with Gasteiger partial charge in [0.25, 0.3) is 0 Å². The predicted molar refractivity (Wildman–Crippen MR) is 135 cm³/mol. The van der Waals surface area contributed by atoms with Gasteiger partial charge in [0.15, 0.2) is 0 Å². The molecule has 2 aromatic carbocycles. The molecule has 0 heterocycles. The summed E-state index contributed by atoms with van der Waals surface area (Å²) in [6.07, 6.45) is 4.70. The fourth-order valence-electron chi connectivity index (χ4n) is 4.08. The van der Waals surface area contributed by atoms with Gasteiger partial charge in [0, 0.05) is 28.2 Å². The maximum Gasteiger partial charge on any atom is 0.244 e.